The summed E-state index contributed by atoms with van der Waals surface area (Å²) in [5.41, 5.74) is 5.22. The molecule has 2 aliphatic rings. The molecule has 0 bridgehead atoms. The molecule has 2 rings (SSSR count). The molecule has 0 aromatic rings. The van der Waals surface area contributed by atoms with Crippen molar-refractivity contribution in [2.75, 3.05) is 0 Å². The van der Waals surface area contributed by atoms with Crippen LogP contribution in [-0.4, -0.2) is 6.04 Å². The van der Waals surface area contributed by atoms with E-state index >= 15 is 0 Å². The van der Waals surface area contributed by atoms with Crippen molar-refractivity contribution in [1.82, 2.24) is 5.43 Å². The van der Waals surface area contributed by atoms with Gasteiger partial charge in [0, 0.05) is 6.04 Å². The molecular formula is C15H28N2. The number of hydrogen-bond donors (Lipinski definition) is 2. The number of hydrogen-bond acceptors (Lipinski definition) is 2. The second-order valence-electron chi connectivity index (χ2n) is 5.90. The molecule has 2 aliphatic carbocycles. The van der Waals surface area contributed by atoms with E-state index in [1.165, 1.54) is 64.2 Å². The summed E-state index contributed by atoms with van der Waals surface area (Å²) in [5.74, 6) is 5.90. The zero-order valence-electron chi connectivity index (χ0n) is 11.3. The first-order valence-corrected chi connectivity index (χ1v) is 7.47. The minimum absolute atomic E-state index is 0.438. The van der Waals surface area contributed by atoms with Gasteiger partial charge in [0.2, 0.25) is 0 Å². The monoisotopic (exact) mass is 236 g/mol. The molecule has 1 fully saturated rings. The van der Waals surface area contributed by atoms with Gasteiger partial charge in [-0.1, -0.05) is 37.8 Å². The minimum Gasteiger partial charge on any atom is -0.271 e. The fourth-order valence-corrected chi connectivity index (χ4v) is 3.90. The Morgan fingerprint density at radius 3 is 2.65 bits per heavy atom. The van der Waals surface area contributed by atoms with Crippen LogP contribution >= 0.6 is 0 Å². The fraction of sp³-hybridized carbons (Fsp3) is 0.867. The van der Waals surface area contributed by atoms with E-state index in [1.807, 2.05) is 0 Å². The SMILES string of the molecule is CCC1(C(NN)C2=CCCCCC2)CCCC1. The lowest BCUT2D eigenvalue weighted by Gasteiger charge is -2.38. The largest absolute Gasteiger partial charge is 0.271 e. The fourth-order valence-electron chi connectivity index (χ4n) is 3.90. The molecule has 2 nitrogen and oxygen atoms in total. The van der Waals surface area contributed by atoms with E-state index in [0.29, 0.717) is 11.5 Å². The molecule has 0 spiro atoms. The van der Waals surface area contributed by atoms with Gasteiger partial charge in [-0.25, -0.2) is 0 Å². The summed E-state index contributed by atoms with van der Waals surface area (Å²) in [6, 6.07) is 0.438. The lowest BCUT2D eigenvalue weighted by atomic mass is 9.72. The Kier molecular flexibility index (Phi) is 4.63. The van der Waals surface area contributed by atoms with Gasteiger partial charge in [0.05, 0.1) is 0 Å². The number of nitrogens with two attached hydrogens (primary N) is 1. The van der Waals surface area contributed by atoms with Crippen LogP contribution in [0, 0.1) is 5.41 Å². The van der Waals surface area contributed by atoms with Crippen LogP contribution in [-0.2, 0) is 0 Å². The normalized spacial score (nSPS) is 26.4. The van der Waals surface area contributed by atoms with E-state index in [1.54, 1.807) is 5.57 Å². The van der Waals surface area contributed by atoms with Gasteiger partial charge in [-0.15, -0.1) is 0 Å². The van der Waals surface area contributed by atoms with E-state index in [4.69, 9.17) is 5.84 Å². The Morgan fingerprint density at radius 2 is 2.00 bits per heavy atom. The van der Waals surface area contributed by atoms with Crippen LogP contribution in [0.4, 0.5) is 0 Å². The van der Waals surface area contributed by atoms with E-state index < -0.39 is 0 Å². The van der Waals surface area contributed by atoms with Crippen LogP contribution in [0.2, 0.25) is 0 Å². The van der Waals surface area contributed by atoms with Gasteiger partial charge < -0.3 is 0 Å². The molecule has 0 radical (unpaired) electrons. The highest BCUT2D eigenvalue weighted by Gasteiger charge is 2.40. The maximum absolute atomic E-state index is 5.90. The van der Waals surface area contributed by atoms with Gasteiger partial charge in [-0.05, 0) is 50.4 Å². The highest BCUT2D eigenvalue weighted by Crippen LogP contribution is 2.46. The number of rotatable bonds is 4. The first-order valence-electron chi connectivity index (χ1n) is 7.47. The quantitative estimate of drug-likeness (QED) is 0.444. The molecule has 17 heavy (non-hydrogen) atoms. The summed E-state index contributed by atoms with van der Waals surface area (Å²) in [4.78, 5) is 0. The number of allylic oxidation sites excluding steroid dienone is 1. The lowest BCUT2D eigenvalue weighted by molar-refractivity contribution is 0.208. The average Bonchev–Trinajstić information content (AvgIpc) is 2.68. The van der Waals surface area contributed by atoms with Crippen LogP contribution in [0.3, 0.4) is 0 Å². The molecule has 98 valence electrons. The van der Waals surface area contributed by atoms with E-state index in [9.17, 15) is 0 Å². The third-order valence-corrected chi connectivity index (χ3v) is 5.03. The predicted octanol–water partition coefficient (Wildman–Crippen LogP) is 3.68. The smallest absolute Gasteiger partial charge is 0.0476 e. The Bertz CT molecular complexity index is 264. The van der Waals surface area contributed by atoms with Gasteiger partial charge in [0.1, 0.15) is 0 Å². The molecule has 1 saturated carbocycles. The van der Waals surface area contributed by atoms with Crippen LogP contribution < -0.4 is 11.3 Å². The van der Waals surface area contributed by atoms with E-state index in [0.717, 1.165) is 0 Å². The maximum Gasteiger partial charge on any atom is 0.0476 e. The van der Waals surface area contributed by atoms with Crippen molar-refractivity contribution >= 4 is 0 Å². The highest BCUT2D eigenvalue weighted by atomic mass is 15.2. The minimum atomic E-state index is 0.438. The van der Waals surface area contributed by atoms with Gasteiger partial charge in [0.15, 0.2) is 0 Å². The van der Waals surface area contributed by atoms with Crippen LogP contribution in [0.15, 0.2) is 11.6 Å². The summed E-state index contributed by atoms with van der Waals surface area (Å²) in [7, 11) is 0. The molecular weight excluding hydrogens is 208 g/mol. The summed E-state index contributed by atoms with van der Waals surface area (Å²) >= 11 is 0. The van der Waals surface area contributed by atoms with Crippen molar-refractivity contribution in [2.45, 2.75) is 77.2 Å². The van der Waals surface area contributed by atoms with E-state index in [-0.39, 0.29) is 0 Å². The summed E-state index contributed by atoms with van der Waals surface area (Å²) < 4.78 is 0. The zero-order valence-corrected chi connectivity index (χ0v) is 11.3. The van der Waals surface area contributed by atoms with Crippen LogP contribution in [0.1, 0.15) is 71.1 Å². The van der Waals surface area contributed by atoms with Crippen molar-refractivity contribution in [2.24, 2.45) is 11.3 Å². The van der Waals surface area contributed by atoms with Gasteiger partial charge in [-0.3, -0.25) is 11.3 Å². The third kappa shape index (κ3) is 2.74. The van der Waals surface area contributed by atoms with Crippen LogP contribution in [0.25, 0.3) is 0 Å². The Labute approximate surface area is 106 Å². The Balaban J connectivity index is 2.15. The molecule has 1 atom stereocenters. The molecule has 0 aliphatic heterocycles. The first-order chi connectivity index (χ1) is 8.32. The van der Waals surface area contributed by atoms with Gasteiger partial charge in [0.25, 0.3) is 0 Å². The van der Waals surface area contributed by atoms with Crippen LogP contribution in [0.5, 0.6) is 0 Å². The topological polar surface area (TPSA) is 38.0 Å². The Hall–Kier alpha value is -0.340. The second-order valence-corrected chi connectivity index (χ2v) is 5.90. The van der Waals surface area contributed by atoms with Crippen molar-refractivity contribution < 1.29 is 0 Å². The Morgan fingerprint density at radius 1 is 1.24 bits per heavy atom. The second kappa shape index (κ2) is 6.01. The predicted molar refractivity (Wildman–Crippen MR) is 73.5 cm³/mol. The summed E-state index contributed by atoms with van der Waals surface area (Å²) in [6.07, 6.45) is 15.8. The van der Waals surface area contributed by atoms with E-state index in [2.05, 4.69) is 18.4 Å². The van der Waals surface area contributed by atoms with Crippen molar-refractivity contribution in [3.05, 3.63) is 11.6 Å². The molecule has 1 unspecified atom stereocenters. The summed E-state index contributed by atoms with van der Waals surface area (Å²) in [6.45, 7) is 2.34. The first kappa shape index (κ1) is 13.1. The number of nitrogens with one attached hydrogen (secondary N) is 1. The van der Waals surface area contributed by atoms with Crippen molar-refractivity contribution in [1.29, 1.82) is 0 Å². The van der Waals surface area contributed by atoms with Gasteiger partial charge >= 0.3 is 0 Å². The average molecular weight is 236 g/mol. The molecule has 2 heteroatoms. The van der Waals surface area contributed by atoms with Gasteiger partial charge in [-0.2, -0.15) is 0 Å². The molecule has 3 N–H and O–H groups in total. The third-order valence-electron chi connectivity index (χ3n) is 5.03. The molecule has 0 aromatic heterocycles. The highest BCUT2D eigenvalue weighted by molar-refractivity contribution is 5.17. The standard InChI is InChI=1S/C15H28N2/c1-2-15(11-7-8-12-15)14(17-16)13-9-5-3-4-6-10-13/h9,14,17H,2-8,10-12,16H2,1H3. The molecule has 0 saturated heterocycles. The number of hydrazine groups is 1. The zero-order chi connectivity index (χ0) is 12.1. The maximum atomic E-state index is 5.90. The molecule has 0 heterocycles. The molecule has 0 aromatic carbocycles. The van der Waals surface area contributed by atoms with Crippen molar-refractivity contribution in [3.63, 3.8) is 0 Å². The molecule has 0 amide bonds. The van der Waals surface area contributed by atoms with Crippen molar-refractivity contribution in [3.8, 4) is 0 Å². The summed E-state index contributed by atoms with van der Waals surface area (Å²) in [5, 5.41) is 0. The lowest BCUT2D eigenvalue weighted by Crippen LogP contribution is -2.48.